The highest BCUT2D eigenvalue weighted by Gasteiger charge is 2.28. The van der Waals surface area contributed by atoms with Gasteiger partial charge in [-0.05, 0) is 75.3 Å². The molecule has 2 heterocycles. The number of carbonyl (C=O) groups excluding carboxylic acids is 7. The first-order valence-electron chi connectivity index (χ1n) is 20.4. The number of ether oxygens (including phenoxy) is 3. The minimum absolute atomic E-state index is 0.00547. The van der Waals surface area contributed by atoms with Gasteiger partial charge in [-0.3, -0.25) is 28.9 Å². The van der Waals surface area contributed by atoms with Gasteiger partial charge in [0, 0.05) is 31.8 Å². The molecule has 0 aliphatic heterocycles. The number of unbranched alkanes of at least 4 members (excludes halogenated alkanes) is 7. The van der Waals surface area contributed by atoms with Crippen molar-refractivity contribution < 1.29 is 47.8 Å². The van der Waals surface area contributed by atoms with Gasteiger partial charge in [-0.15, -0.1) is 0 Å². The van der Waals surface area contributed by atoms with E-state index in [0.717, 1.165) is 30.7 Å². The molecule has 0 saturated carbocycles. The molecule has 0 aromatic carbocycles. The maximum absolute atomic E-state index is 13.8. The number of hydrogen-bond donors (Lipinski definition) is 0. The summed E-state index contributed by atoms with van der Waals surface area (Å²) >= 11 is 0. The van der Waals surface area contributed by atoms with E-state index >= 15 is 0 Å². The lowest BCUT2D eigenvalue weighted by molar-refractivity contribution is -0.192. The lowest BCUT2D eigenvalue weighted by atomic mass is 10.1. The fraction of sp³-hybridized carbons (Fsp3) is 0.714. The van der Waals surface area contributed by atoms with Crippen LogP contribution in [0.15, 0.2) is 24.8 Å². The minimum atomic E-state index is -0.772. The van der Waals surface area contributed by atoms with E-state index in [1.54, 1.807) is 103 Å². The quantitative estimate of drug-likeness (QED) is 0.0831. The summed E-state index contributed by atoms with van der Waals surface area (Å²) in [5, 5.41) is 0. The van der Waals surface area contributed by atoms with Gasteiger partial charge in [0.1, 0.15) is 61.2 Å². The largest absolute Gasteiger partial charge is 0.459 e. The molecule has 332 valence electrons. The number of rotatable bonds is 23. The van der Waals surface area contributed by atoms with E-state index in [9.17, 15) is 24.0 Å². The third-order valence-electron chi connectivity index (χ3n) is 8.32. The third-order valence-corrected chi connectivity index (χ3v) is 8.32. The molecule has 0 atom stereocenters. The van der Waals surface area contributed by atoms with E-state index < -0.39 is 53.7 Å². The summed E-state index contributed by atoms with van der Waals surface area (Å²) in [6, 6.07) is 0. The van der Waals surface area contributed by atoms with Crippen molar-refractivity contribution in [1.82, 2.24) is 33.8 Å². The van der Waals surface area contributed by atoms with Crippen LogP contribution in [0.1, 0.15) is 132 Å². The highest BCUT2D eigenvalue weighted by molar-refractivity contribution is 5.86. The zero-order chi connectivity index (χ0) is 44.8. The zero-order valence-corrected chi connectivity index (χ0v) is 37.3. The van der Waals surface area contributed by atoms with Gasteiger partial charge in [-0.25, -0.2) is 9.97 Å². The second kappa shape index (κ2) is 25.6. The summed E-state index contributed by atoms with van der Waals surface area (Å²) in [5.41, 5.74) is -2.20. The molecule has 0 N–H and O–H groups in total. The van der Waals surface area contributed by atoms with Crippen LogP contribution in [0.3, 0.4) is 0 Å². The first-order valence-corrected chi connectivity index (χ1v) is 20.4. The molecule has 59 heavy (non-hydrogen) atoms. The van der Waals surface area contributed by atoms with E-state index in [1.165, 1.54) is 37.0 Å². The molecule has 17 heteroatoms. The number of imidazole rings is 2. The lowest BCUT2D eigenvalue weighted by Crippen LogP contribution is -2.44. The summed E-state index contributed by atoms with van der Waals surface area (Å²) in [5.74, 6) is -1.22. The Morgan fingerprint density at radius 1 is 0.610 bits per heavy atom. The number of nitrogens with zero attached hydrogens (tertiary/aromatic N) is 7. The Kier molecular flexibility index (Phi) is 22.6. The van der Waals surface area contributed by atoms with Crippen LogP contribution in [0.5, 0.6) is 0 Å². The molecule has 2 amide bonds. The van der Waals surface area contributed by atoms with Gasteiger partial charge in [-0.1, -0.05) is 51.9 Å². The van der Waals surface area contributed by atoms with Crippen molar-refractivity contribution in [2.24, 2.45) is 0 Å². The van der Waals surface area contributed by atoms with Crippen molar-refractivity contribution in [3.63, 3.8) is 0 Å². The Morgan fingerprint density at radius 3 is 1.39 bits per heavy atom. The van der Waals surface area contributed by atoms with Crippen molar-refractivity contribution in [3.05, 3.63) is 36.4 Å². The van der Waals surface area contributed by atoms with E-state index in [4.69, 9.17) is 23.8 Å². The predicted molar refractivity (Wildman–Crippen MR) is 218 cm³/mol. The number of carbonyl (C=O) groups is 5. The number of aromatic nitrogens is 4. The van der Waals surface area contributed by atoms with Crippen molar-refractivity contribution in [2.75, 3.05) is 33.2 Å². The summed E-state index contributed by atoms with van der Waals surface area (Å²) in [4.78, 5) is 95.0. The molecular weight excluding hydrogens is 763 g/mol. The topological polar surface area (TPSA) is 193 Å². The molecule has 2 aromatic rings. The highest BCUT2D eigenvalue weighted by Crippen LogP contribution is 2.15. The van der Waals surface area contributed by atoms with Gasteiger partial charge in [0.2, 0.25) is 11.8 Å². The van der Waals surface area contributed by atoms with Crippen LogP contribution in [-0.2, 0) is 74.0 Å². The van der Waals surface area contributed by atoms with Crippen LogP contribution in [0, 0.1) is 0 Å². The molecule has 0 spiro atoms. The van der Waals surface area contributed by atoms with Gasteiger partial charge >= 0.3 is 24.1 Å². The maximum Gasteiger partial charge on any atom is 0.373 e. The van der Waals surface area contributed by atoms with Crippen LogP contribution in [0.4, 0.5) is 0 Å². The molecule has 2 aromatic heterocycles. The Morgan fingerprint density at radius 2 is 0.983 bits per heavy atom. The summed E-state index contributed by atoms with van der Waals surface area (Å²) in [6.07, 6.45) is 16.2. The molecular formula is C42H69N7O10. The normalized spacial score (nSPS) is 11.6. The maximum atomic E-state index is 13.8. The summed E-state index contributed by atoms with van der Waals surface area (Å²) in [7, 11) is 1.57. The number of amides is 2. The molecule has 0 radical (unpaired) electrons. The van der Waals surface area contributed by atoms with Gasteiger partial charge < -0.3 is 33.1 Å². The SMILES string of the molecule is CCCCCCCCCCN(Cc1nccn1CC(=O)N(C)CC(=O)OC(C)(C)C)Cc1nccn1CC(=O)N(CC(=O)OC(C)(C)C)CC(=O)OC(C)(C)C.O=C=O. The van der Waals surface area contributed by atoms with Gasteiger partial charge in [0.15, 0.2) is 0 Å². The van der Waals surface area contributed by atoms with Gasteiger partial charge in [-0.2, -0.15) is 9.59 Å². The molecule has 0 aliphatic carbocycles. The second-order valence-electron chi connectivity index (χ2n) is 17.5. The van der Waals surface area contributed by atoms with E-state index in [2.05, 4.69) is 21.8 Å². The van der Waals surface area contributed by atoms with Crippen LogP contribution in [0.2, 0.25) is 0 Å². The number of likely N-dealkylation sites (N-methyl/N-ethyl adjacent to an activating group) is 1. The average Bonchev–Trinajstić information content (AvgIpc) is 3.71. The third kappa shape index (κ3) is 23.9. The Hall–Kier alpha value is -4.89. The van der Waals surface area contributed by atoms with Crippen LogP contribution in [0.25, 0.3) is 0 Å². The standard InChI is InChI=1S/C41H69N7O8.CO2/c1-12-13-14-15-16-17-18-19-22-45(25-32-42-20-23-46(32)27-34(49)44(11)29-36(51)54-39(2,3)4)26-33-43-21-24-47(33)28-35(50)48(30-37(52)55-40(5,6)7)31-38(53)56-41(8,9)10;2-1-3/h20-21,23-24H,12-19,22,25-31H2,1-11H3;. The van der Waals surface area contributed by atoms with Crippen LogP contribution in [-0.4, -0.2) is 120 Å². The number of hydrogen-bond acceptors (Lipinski definition) is 13. The average molecular weight is 832 g/mol. The molecule has 0 bridgehead atoms. The smallest absolute Gasteiger partial charge is 0.373 e. The van der Waals surface area contributed by atoms with Crippen molar-refractivity contribution >= 4 is 35.9 Å². The Labute approximate surface area is 350 Å². The van der Waals surface area contributed by atoms with Crippen LogP contribution >= 0.6 is 0 Å². The number of esters is 3. The molecule has 0 aliphatic rings. The van der Waals surface area contributed by atoms with E-state index in [-0.39, 0.29) is 31.7 Å². The summed E-state index contributed by atoms with van der Waals surface area (Å²) < 4.78 is 19.8. The summed E-state index contributed by atoms with van der Waals surface area (Å²) in [6.45, 7) is 18.3. The lowest BCUT2D eigenvalue weighted by Gasteiger charge is -2.27. The van der Waals surface area contributed by atoms with Crippen molar-refractivity contribution in [3.8, 4) is 0 Å². The van der Waals surface area contributed by atoms with Gasteiger partial charge in [0.25, 0.3) is 0 Å². The van der Waals surface area contributed by atoms with Gasteiger partial charge in [0.05, 0.1) is 13.1 Å². The Balaban J connectivity index is 0.00000562. The molecule has 2 rings (SSSR count). The highest BCUT2D eigenvalue weighted by atomic mass is 16.6. The van der Waals surface area contributed by atoms with E-state index in [1.807, 2.05) is 0 Å². The Bertz CT molecular complexity index is 1610. The second-order valence-corrected chi connectivity index (χ2v) is 17.5. The van der Waals surface area contributed by atoms with E-state index in [0.29, 0.717) is 24.7 Å². The van der Waals surface area contributed by atoms with Crippen LogP contribution < -0.4 is 0 Å². The fourth-order valence-electron chi connectivity index (χ4n) is 5.81. The van der Waals surface area contributed by atoms with Crippen molar-refractivity contribution in [1.29, 1.82) is 0 Å². The minimum Gasteiger partial charge on any atom is -0.459 e. The van der Waals surface area contributed by atoms with Crippen molar-refractivity contribution in [2.45, 2.75) is 164 Å². The molecule has 17 nitrogen and oxygen atoms in total. The fourth-order valence-corrected chi connectivity index (χ4v) is 5.81. The first-order chi connectivity index (χ1) is 27.5. The predicted octanol–water partition coefficient (Wildman–Crippen LogP) is 4.95. The monoisotopic (exact) mass is 832 g/mol. The molecule has 0 unspecified atom stereocenters. The first kappa shape index (κ1) is 52.1. The molecule has 0 fully saturated rings. The zero-order valence-electron chi connectivity index (χ0n) is 37.3. The molecule has 0 saturated heterocycles.